The maximum absolute atomic E-state index is 12.8. The molecule has 0 aliphatic carbocycles. The summed E-state index contributed by atoms with van der Waals surface area (Å²) in [7, 11) is 1.93. The van der Waals surface area contributed by atoms with Crippen molar-refractivity contribution in [3.8, 4) is 11.3 Å². The van der Waals surface area contributed by atoms with E-state index in [0.717, 1.165) is 67.6 Å². The summed E-state index contributed by atoms with van der Waals surface area (Å²) in [6.45, 7) is 6.56. The highest BCUT2D eigenvalue weighted by molar-refractivity contribution is 5.93. The number of anilines is 1. The van der Waals surface area contributed by atoms with Gasteiger partial charge in [-0.1, -0.05) is 0 Å². The van der Waals surface area contributed by atoms with Crippen LogP contribution in [0.2, 0.25) is 0 Å². The van der Waals surface area contributed by atoms with Crippen LogP contribution in [0.3, 0.4) is 0 Å². The minimum Gasteiger partial charge on any atom is -0.380 e. The van der Waals surface area contributed by atoms with Crippen LogP contribution in [0.4, 0.5) is 5.82 Å². The lowest BCUT2D eigenvalue weighted by atomic mass is 9.78. The van der Waals surface area contributed by atoms with Gasteiger partial charge in [-0.05, 0) is 36.2 Å². The number of nitrogens with zero attached hydrogens (tertiary/aromatic N) is 7. The number of carbonyl (C=O) groups is 1. The predicted octanol–water partition coefficient (Wildman–Crippen LogP) is 1.62. The van der Waals surface area contributed by atoms with Crippen LogP contribution in [0.15, 0.2) is 30.6 Å². The molecule has 0 radical (unpaired) electrons. The minimum atomic E-state index is -0.0429. The lowest BCUT2D eigenvalue weighted by molar-refractivity contribution is -0.176. The lowest BCUT2D eigenvalue weighted by Crippen LogP contribution is -2.67. The third kappa shape index (κ3) is 3.07. The third-order valence-corrected chi connectivity index (χ3v) is 6.79. The molecule has 6 rings (SSSR count). The summed E-state index contributed by atoms with van der Waals surface area (Å²) in [5.74, 6) is 0.782. The summed E-state index contributed by atoms with van der Waals surface area (Å²) in [5, 5.41) is 13.0. The lowest BCUT2D eigenvalue weighted by Gasteiger charge is -2.54. The fraction of sp³-hybridized carbons (Fsp3) is 0.435. The first-order valence-corrected chi connectivity index (χ1v) is 10.9. The second-order valence-corrected chi connectivity index (χ2v) is 9.23. The van der Waals surface area contributed by atoms with E-state index >= 15 is 0 Å². The van der Waals surface area contributed by atoms with Crippen molar-refractivity contribution in [1.82, 2.24) is 29.9 Å². The Balaban J connectivity index is 1.20. The quantitative estimate of drug-likeness (QED) is 0.622. The molecule has 2 fully saturated rings. The maximum Gasteiger partial charge on any atom is 0.274 e. The van der Waals surface area contributed by atoms with E-state index in [-0.39, 0.29) is 11.3 Å². The van der Waals surface area contributed by atoms with Crippen LogP contribution in [0.25, 0.3) is 11.3 Å². The van der Waals surface area contributed by atoms with Crippen LogP contribution in [-0.4, -0.2) is 68.6 Å². The molecule has 6 heterocycles. The fourth-order valence-electron chi connectivity index (χ4n) is 4.94. The van der Waals surface area contributed by atoms with Gasteiger partial charge in [-0.15, -0.1) is 10.2 Å². The number of fused-ring (bicyclic) bond motifs is 1. The van der Waals surface area contributed by atoms with Crippen molar-refractivity contribution >= 4 is 11.7 Å². The topological polar surface area (TPSA) is 89.3 Å². The van der Waals surface area contributed by atoms with E-state index in [1.54, 1.807) is 6.20 Å². The van der Waals surface area contributed by atoms with E-state index in [1.165, 1.54) is 5.56 Å². The first-order valence-electron chi connectivity index (χ1n) is 10.9. The van der Waals surface area contributed by atoms with Gasteiger partial charge in [0.1, 0.15) is 0 Å². The number of hydrogen-bond donors (Lipinski definition) is 0. The summed E-state index contributed by atoms with van der Waals surface area (Å²) >= 11 is 0. The Morgan fingerprint density at radius 1 is 1.19 bits per heavy atom. The van der Waals surface area contributed by atoms with Crippen LogP contribution < -0.4 is 4.90 Å². The molecule has 2 saturated heterocycles. The van der Waals surface area contributed by atoms with E-state index in [2.05, 4.69) is 26.3 Å². The molecule has 1 amide bonds. The number of ether oxygens (including phenoxy) is 1. The van der Waals surface area contributed by atoms with E-state index < -0.39 is 0 Å². The summed E-state index contributed by atoms with van der Waals surface area (Å²) in [6.07, 6.45) is 4.57. The Bertz CT molecular complexity index is 1210. The predicted molar refractivity (Wildman–Crippen MR) is 117 cm³/mol. The highest BCUT2D eigenvalue weighted by Gasteiger charge is 2.51. The summed E-state index contributed by atoms with van der Waals surface area (Å²) in [5.41, 5.74) is 5.97. The Labute approximate surface area is 186 Å². The van der Waals surface area contributed by atoms with Gasteiger partial charge in [0.15, 0.2) is 11.5 Å². The number of aromatic nitrogens is 5. The smallest absolute Gasteiger partial charge is 0.274 e. The molecule has 3 aromatic heterocycles. The SMILES string of the molecule is Cc1cc(C(=O)N2CC3(COC3)C2)nnc1N1CCc2ncc(-c3ccnn3C)cc2C1. The average Bonchev–Trinajstić information content (AvgIpc) is 3.16. The van der Waals surface area contributed by atoms with Gasteiger partial charge in [0.25, 0.3) is 5.91 Å². The van der Waals surface area contributed by atoms with Gasteiger partial charge in [-0.3, -0.25) is 14.5 Å². The van der Waals surface area contributed by atoms with Crippen molar-refractivity contribution < 1.29 is 9.53 Å². The monoisotopic (exact) mass is 431 g/mol. The molecule has 164 valence electrons. The minimum absolute atomic E-state index is 0.0429. The third-order valence-electron chi connectivity index (χ3n) is 6.79. The van der Waals surface area contributed by atoms with Crippen LogP contribution >= 0.6 is 0 Å². The number of rotatable bonds is 3. The average molecular weight is 432 g/mol. The van der Waals surface area contributed by atoms with E-state index in [0.29, 0.717) is 12.2 Å². The molecule has 32 heavy (non-hydrogen) atoms. The molecule has 0 bridgehead atoms. The zero-order valence-corrected chi connectivity index (χ0v) is 18.3. The van der Waals surface area contributed by atoms with Gasteiger partial charge >= 0.3 is 0 Å². The molecule has 0 aromatic carbocycles. The van der Waals surface area contributed by atoms with Crippen molar-refractivity contribution in [2.24, 2.45) is 12.5 Å². The second-order valence-electron chi connectivity index (χ2n) is 9.23. The number of carbonyl (C=O) groups excluding carboxylic acids is 1. The molecule has 3 aliphatic rings. The van der Waals surface area contributed by atoms with Crippen molar-refractivity contribution in [2.45, 2.75) is 19.9 Å². The highest BCUT2D eigenvalue weighted by Crippen LogP contribution is 2.38. The summed E-state index contributed by atoms with van der Waals surface area (Å²) in [4.78, 5) is 21.6. The van der Waals surface area contributed by atoms with Gasteiger partial charge in [-0.2, -0.15) is 5.10 Å². The molecular formula is C23H25N7O2. The van der Waals surface area contributed by atoms with Crippen molar-refractivity contribution in [2.75, 3.05) is 37.7 Å². The molecule has 9 nitrogen and oxygen atoms in total. The van der Waals surface area contributed by atoms with Crippen molar-refractivity contribution in [1.29, 1.82) is 0 Å². The van der Waals surface area contributed by atoms with E-state index in [1.807, 2.05) is 41.9 Å². The Hall–Kier alpha value is -3.33. The molecule has 1 spiro atoms. The van der Waals surface area contributed by atoms with Gasteiger partial charge in [-0.25, -0.2) is 0 Å². The van der Waals surface area contributed by atoms with E-state index in [9.17, 15) is 4.79 Å². The molecule has 0 unspecified atom stereocenters. The zero-order chi connectivity index (χ0) is 21.9. The first kappa shape index (κ1) is 19.4. The largest absolute Gasteiger partial charge is 0.380 e. The van der Waals surface area contributed by atoms with Gasteiger partial charge in [0.05, 0.1) is 24.3 Å². The Morgan fingerprint density at radius 3 is 2.72 bits per heavy atom. The van der Waals surface area contributed by atoms with Crippen LogP contribution in [0.1, 0.15) is 27.3 Å². The number of likely N-dealkylation sites (tertiary alicyclic amines) is 1. The summed E-state index contributed by atoms with van der Waals surface area (Å²) in [6, 6.07) is 6.05. The number of amides is 1. The standard InChI is InChI=1S/C23H25N7O2/c1-15-7-19(22(31)30-11-23(12-30)13-32-14-23)26-27-21(15)29-6-4-18-17(10-29)8-16(9-24-18)20-3-5-25-28(20)2/h3,5,7-9H,4,6,10-14H2,1-2H3. The van der Waals surface area contributed by atoms with Gasteiger partial charge in [0.2, 0.25) is 0 Å². The van der Waals surface area contributed by atoms with E-state index in [4.69, 9.17) is 9.72 Å². The molecule has 9 heteroatoms. The van der Waals surface area contributed by atoms with Crippen LogP contribution in [-0.2, 0) is 24.8 Å². The summed E-state index contributed by atoms with van der Waals surface area (Å²) < 4.78 is 7.15. The van der Waals surface area contributed by atoms with Crippen molar-refractivity contribution in [3.63, 3.8) is 0 Å². The van der Waals surface area contributed by atoms with Gasteiger partial charge < -0.3 is 14.5 Å². The Kier molecular flexibility index (Phi) is 4.29. The normalized spacial score (nSPS) is 18.8. The number of hydrogen-bond acceptors (Lipinski definition) is 7. The number of pyridine rings is 1. The van der Waals surface area contributed by atoms with Gasteiger partial charge in [0, 0.05) is 63.3 Å². The molecular weight excluding hydrogens is 406 g/mol. The highest BCUT2D eigenvalue weighted by atomic mass is 16.5. The molecule has 0 N–H and O–H groups in total. The maximum atomic E-state index is 12.8. The van der Waals surface area contributed by atoms with Crippen molar-refractivity contribution in [3.05, 3.63) is 53.1 Å². The second kappa shape index (κ2) is 7.09. The zero-order valence-electron chi connectivity index (χ0n) is 18.3. The molecule has 0 atom stereocenters. The first-order chi connectivity index (χ1) is 15.5. The molecule has 0 saturated carbocycles. The molecule has 3 aliphatic heterocycles. The van der Waals surface area contributed by atoms with Crippen LogP contribution in [0.5, 0.6) is 0 Å². The Morgan fingerprint density at radius 2 is 2.03 bits per heavy atom. The fourth-order valence-corrected chi connectivity index (χ4v) is 4.94. The molecule has 3 aromatic rings. The van der Waals surface area contributed by atoms with Crippen LogP contribution in [0, 0.1) is 12.3 Å². The number of aryl methyl sites for hydroxylation is 2.